The van der Waals surface area contributed by atoms with Crippen LogP contribution >= 0.6 is 0 Å². The Morgan fingerprint density at radius 3 is 2.42 bits per heavy atom. The summed E-state index contributed by atoms with van der Waals surface area (Å²) < 4.78 is 25.6. The molecule has 0 radical (unpaired) electrons. The third-order valence-corrected chi connectivity index (χ3v) is 4.13. The molecule has 0 aliphatic heterocycles. The summed E-state index contributed by atoms with van der Waals surface area (Å²) in [6, 6.07) is 10.9. The predicted octanol–water partition coefficient (Wildman–Crippen LogP) is 1.97. The molecule has 1 aromatic heterocycles. The minimum absolute atomic E-state index is 0.127. The Kier molecular flexibility index (Phi) is 3.48. The first kappa shape index (κ1) is 13.0. The van der Waals surface area contributed by atoms with Crippen LogP contribution in [0.4, 0.5) is 0 Å². The van der Waals surface area contributed by atoms with Crippen molar-refractivity contribution < 1.29 is 13.3 Å². The van der Waals surface area contributed by atoms with Gasteiger partial charge in [0.15, 0.2) is 0 Å². The first-order valence-electron chi connectivity index (χ1n) is 5.31. The van der Waals surface area contributed by atoms with Gasteiger partial charge in [-0.2, -0.15) is 0 Å². The number of rotatable bonds is 4. The third-order valence-electron chi connectivity index (χ3n) is 2.41. The van der Waals surface area contributed by atoms with Gasteiger partial charge in [-0.05, 0) is 24.3 Å². The number of benzene rings is 1. The number of nitro groups is 1. The number of nitrogens with zero attached hydrogens (tertiary/aromatic N) is 2. The fraction of sp³-hybridized carbons (Fsp3) is 0. The van der Waals surface area contributed by atoms with Crippen molar-refractivity contribution in [2.45, 2.75) is 4.90 Å². The highest BCUT2D eigenvalue weighted by Gasteiger charge is 2.17. The van der Waals surface area contributed by atoms with E-state index in [0.717, 1.165) is 10.0 Å². The van der Waals surface area contributed by atoms with E-state index < -0.39 is 14.9 Å². The lowest BCUT2D eigenvalue weighted by Crippen LogP contribution is -2.13. The van der Waals surface area contributed by atoms with E-state index in [1.165, 1.54) is 30.5 Å². The minimum Gasteiger partial charge on any atom is -0.259 e. The molecule has 19 heavy (non-hydrogen) atoms. The standard InChI is InChI=1S/C12H10N2O4S/c15-14(16)10-8-11-5-4-9-13(11)19(17,18)12-6-2-1-3-7-12/h1-10H/b10-8+. The summed E-state index contributed by atoms with van der Waals surface area (Å²) in [5.41, 5.74) is 0.223. The Balaban J connectivity index is 2.49. The monoisotopic (exact) mass is 278 g/mol. The summed E-state index contributed by atoms with van der Waals surface area (Å²) in [4.78, 5) is 9.77. The summed E-state index contributed by atoms with van der Waals surface area (Å²) in [5.74, 6) is 0. The first-order chi connectivity index (χ1) is 9.01. The molecule has 0 saturated heterocycles. The second kappa shape index (κ2) is 5.07. The first-order valence-corrected chi connectivity index (χ1v) is 6.75. The van der Waals surface area contributed by atoms with Gasteiger partial charge in [-0.3, -0.25) is 10.1 Å². The topological polar surface area (TPSA) is 82.2 Å². The van der Waals surface area contributed by atoms with E-state index in [2.05, 4.69) is 0 Å². The Hall–Kier alpha value is -2.41. The number of aromatic nitrogens is 1. The van der Waals surface area contributed by atoms with Crippen molar-refractivity contribution in [3.8, 4) is 0 Å². The van der Waals surface area contributed by atoms with Crippen LogP contribution in [0.3, 0.4) is 0 Å². The summed E-state index contributed by atoms with van der Waals surface area (Å²) in [5, 5.41) is 10.3. The normalized spacial score (nSPS) is 11.8. The SMILES string of the molecule is O=[N+]([O-])/C=C/c1cccn1S(=O)(=O)c1ccccc1. The van der Waals surface area contributed by atoms with Gasteiger partial charge in [0.1, 0.15) is 0 Å². The Morgan fingerprint density at radius 1 is 1.11 bits per heavy atom. The van der Waals surface area contributed by atoms with Gasteiger partial charge in [0.05, 0.1) is 15.5 Å². The summed E-state index contributed by atoms with van der Waals surface area (Å²) in [6.45, 7) is 0. The highest BCUT2D eigenvalue weighted by atomic mass is 32.2. The number of hydrogen-bond acceptors (Lipinski definition) is 4. The molecule has 0 spiro atoms. The van der Waals surface area contributed by atoms with Crippen molar-refractivity contribution in [1.82, 2.24) is 3.97 Å². The van der Waals surface area contributed by atoms with E-state index >= 15 is 0 Å². The molecule has 7 heteroatoms. The van der Waals surface area contributed by atoms with Crippen molar-refractivity contribution in [1.29, 1.82) is 0 Å². The van der Waals surface area contributed by atoms with E-state index in [4.69, 9.17) is 0 Å². The Morgan fingerprint density at radius 2 is 1.79 bits per heavy atom. The van der Waals surface area contributed by atoms with Crippen LogP contribution in [0.1, 0.15) is 5.69 Å². The molecule has 1 heterocycles. The highest BCUT2D eigenvalue weighted by Crippen LogP contribution is 2.17. The average Bonchev–Trinajstić information content (AvgIpc) is 2.86. The van der Waals surface area contributed by atoms with Crippen molar-refractivity contribution in [2.24, 2.45) is 0 Å². The molecule has 6 nitrogen and oxygen atoms in total. The zero-order valence-electron chi connectivity index (χ0n) is 9.71. The summed E-state index contributed by atoms with van der Waals surface area (Å²) in [6.07, 6.45) is 3.19. The van der Waals surface area contributed by atoms with Gasteiger partial charge in [0.25, 0.3) is 10.0 Å². The van der Waals surface area contributed by atoms with E-state index in [9.17, 15) is 18.5 Å². The van der Waals surface area contributed by atoms with Crippen LogP contribution in [-0.2, 0) is 10.0 Å². The van der Waals surface area contributed by atoms with Gasteiger partial charge in [-0.1, -0.05) is 18.2 Å². The average molecular weight is 278 g/mol. The maximum atomic E-state index is 12.3. The zero-order valence-corrected chi connectivity index (χ0v) is 10.5. The van der Waals surface area contributed by atoms with Gasteiger partial charge < -0.3 is 0 Å². The Labute approximate surface area is 109 Å². The second-order valence-electron chi connectivity index (χ2n) is 3.65. The fourth-order valence-corrected chi connectivity index (χ4v) is 2.93. The highest BCUT2D eigenvalue weighted by molar-refractivity contribution is 7.90. The van der Waals surface area contributed by atoms with Crippen LogP contribution in [0.25, 0.3) is 6.08 Å². The predicted molar refractivity (Wildman–Crippen MR) is 69.5 cm³/mol. The lowest BCUT2D eigenvalue weighted by atomic mass is 10.4. The van der Waals surface area contributed by atoms with Crippen LogP contribution < -0.4 is 0 Å². The molecule has 98 valence electrons. The van der Waals surface area contributed by atoms with E-state index in [0.29, 0.717) is 6.20 Å². The van der Waals surface area contributed by atoms with Gasteiger partial charge >= 0.3 is 0 Å². The Bertz CT molecular complexity index is 717. The van der Waals surface area contributed by atoms with Crippen molar-refractivity contribution in [3.05, 3.63) is 70.7 Å². The lowest BCUT2D eigenvalue weighted by Gasteiger charge is -2.07. The molecule has 0 bridgehead atoms. The molecule has 1 aromatic carbocycles. The molecular formula is C12H10N2O4S. The molecular weight excluding hydrogens is 268 g/mol. The molecule has 0 atom stereocenters. The maximum Gasteiger partial charge on any atom is 0.268 e. The van der Waals surface area contributed by atoms with Gasteiger partial charge in [0, 0.05) is 12.3 Å². The second-order valence-corrected chi connectivity index (χ2v) is 5.46. The summed E-state index contributed by atoms with van der Waals surface area (Å²) in [7, 11) is -3.73. The quantitative estimate of drug-likeness (QED) is 0.632. The fourth-order valence-electron chi connectivity index (χ4n) is 1.57. The van der Waals surface area contributed by atoms with E-state index in [-0.39, 0.29) is 10.6 Å². The van der Waals surface area contributed by atoms with Crippen molar-refractivity contribution in [3.63, 3.8) is 0 Å². The lowest BCUT2D eigenvalue weighted by molar-refractivity contribution is -0.401. The van der Waals surface area contributed by atoms with Gasteiger partial charge in [-0.15, -0.1) is 0 Å². The van der Waals surface area contributed by atoms with Gasteiger partial charge in [0.2, 0.25) is 6.20 Å². The number of hydrogen-bond donors (Lipinski definition) is 0. The van der Waals surface area contributed by atoms with Crippen LogP contribution in [0, 0.1) is 10.1 Å². The van der Waals surface area contributed by atoms with Crippen LogP contribution in [0.15, 0.2) is 59.8 Å². The molecule has 0 aliphatic carbocycles. The summed E-state index contributed by atoms with van der Waals surface area (Å²) >= 11 is 0. The maximum absolute atomic E-state index is 12.3. The molecule has 0 saturated carbocycles. The van der Waals surface area contributed by atoms with Gasteiger partial charge in [-0.25, -0.2) is 12.4 Å². The molecule has 0 fully saturated rings. The smallest absolute Gasteiger partial charge is 0.259 e. The molecule has 0 unspecified atom stereocenters. The molecule has 2 rings (SSSR count). The van der Waals surface area contributed by atoms with E-state index in [1.54, 1.807) is 18.2 Å². The van der Waals surface area contributed by atoms with E-state index in [1.807, 2.05) is 0 Å². The molecule has 0 aliphatic rings. The van der Waals surface area contributed by atoms with Crippen molar-refractivity contribution in [2.75, 3.05) is 0 Å². The largest absolute Gasteiger partial charge is 0.268 e. The van der Waals surface area contributed by atoms with Crippen LogP contribution in [0.5, 0.6) is 0 Å². The molecule has 2 aromatic rings. The zero-order chi connectivity index (χ0) is 13.9. The minimum atomic E-state index is -3.73. The molecule has 0 amide bonds. The van der Waals surface area contributed by atoms with Crippen LogP contribution in [-0.4, -0.2) is 17.3 Å². The third kappa shape index (κ3) is 2.71. The van der Waals surface area contributed by atoms with Crippen molar-refractivity contribution >= 4 is 16.1 Å². The van der Waals surface area contributed by atoms with Crippen LogP contribution in [0.2, 0.25) is 0 Å². The molecule has 0 N–H and O–H groups in total.